The molecule has 0 atom stereocenters. The third kappa shape index (κ3) is 6.67. The second-order valence-corrected chi connectivity index (χ2v) is 6.21. The van der Waals surface area contributed by atoms with E-state index in [1.54, 1.807) is 38.4 Å². The van der Waals surface area contributed by atoms with Crippen LogP contribution in [-0.2, 0) is 13.1 Å². The predicted octanol–water partition coefficient (Wildman–Crippen LogP) is 4.21. The number of nitrogens with zero attached hydrogens (tertiary/aromatic N) is 1. The molecule has 2 aromatic rings. The van der Waals surface area contributed by atoms with Crippen LogP contribution in [0.25, 0.3) is 0 Å². The zero-order valence-corrected chi connectivity index (χ0v) is 17.2. The monoisotopic (exact) mass is 427 g/mol. The summed E-state index contributed by atoms with van der Waals surface area (Å²) < 4.78 is 40.5. The van der Waals surface area contributed by atoms with Crippen molar-refractivity contribution in [3.63, 3.8) is 0 Å². The van der Waals surface area contributed by atoms with Crippen molar-refractivity contribution in [3.05, 3.63) is 52.5 Å². The van der Waals surface area contributed by atoms with Crippen molar-refractivity contribution in [2.45, 2.75) is 26.6 Å². The Kier molecular flexibility index (Phi) is 8.79. The van der Waals surface area contributed by atoms with Crippen LogP contribution in [0.15, 0.2) is 41.4 Å². The normalized spacial score (nSPS) is 11.3. The lowest BCUT2D eigenvalue weighted by Gasteiger charge is -2.16. The van der Waals surface area contributed by atoms with Gasteiger partial charge in [-0.1, -0.05) is 29.8 Å². The fraction of sp³-hybridized carbons (Fsp3) is 0.350. The molecule has 0 aliphatic rings. The second-order valence-electron chi connectivity index (χ2n) is 5.81. The first-order chi connectivity index (χ1) is 14.0. The van der Waals surface area contributed by atoms with Gasteiger partial charge in [0.05, 0.1) is 18.7 Å². The van der Waals surface area contributed by atoms with Gasteiger partial charge in [-0.15, -0.1) is 0 Å². The third-order valence-electron chi connectivity index (χ3n) is 3.90. The number of para-hydroxylation sites is 1. The average Bonchev–Trinajstić information content (AvgIpc) is 2.70. The molecule has 29 heavy (non-hydrogen) atoms. The van der Waals surface area contributed by atoms with Gasteiger partial charge in [-0.3, -0.25) is 4.99 Å². The number of ether oxygens (including phenoxy) is 3. The van der Waals surface area contributed by atoms with Crippen molar-refractivity contribution in [1.82, 2.24) is 10.6 Å². The molecule has 0 spiro atoms. The Balaban J connectivity index is 2.01. The van der Waals surface area contributed by atoms with E-state index in [2.05, 4.69) is 20.4 Å². The Morgan fingerprint density at radius 2 is 1.86 bits per heavy atom. The Labute approximate surface area is 173 Å². The van der Waals surface area contributed by atoms with Crippen molar-refractivity contribution >= 4 is 17.6 Å². The van der Waals surface area contributed by atoms with Gasteiger partial charge in [-0.25, -0.2) is 0 Å². The first kappa shape index (κ1) is 22.5. The number of aliphatic imine (C=N–C) groups is 1. The molecule has 158 valence electrons. The summed E-state index contributed by atoms with van der Waals surface area (Å²) in [6, 6.07) is 10.2. The quantitative estimate of drug-likeness (QED) is 0.463. The SMILES string of the molecule is CCOc1c(Cl)cc(CNC(=NC)NCc2ccccc2OC(F)F)cc1OC. The maximum absolute atomic E-state index is 12.5. The van der Waals surface area contributed by atoms with Gasteiger partial charge in [0, 0.05) is 25.7 Å². The molecule has 0 radical (unpaired) electrons. The number of benzene rings is 2. The van der Waals surface area contributed by atoms with Gasteiger partial charge in [0.25, 0.3) is 0 Å². The number of alkyl halides is 2. The summed E-state index contributed by atoms with van der Waals surface area (Å²) >= 11 is 6.29. The summed E-state index contributed by atoms with van der Waals surface area (Å²) in [4.78, 5) is 4.14. The van der Waals surface area contributed by atoms with Crippen LogP contribution in [0.2, 0.25) is 5.02 Å². The van der Waals surface area contributed by atoms with Gasteiger partial charge in [0.1, 0.15) is 5.75 Å². The summed E-state index contributed by atoms with van der Waals surface area (Å²) in [7, 11) is 3.16. The maximum Gasteiger partial charge on any atom is 0.387 e. The minimum absolute atomic E-state index is 0.119. The van der Waals surface area contributed by atoms with Crippen LogP contribution in [0.1, 0.15) is 18.1 Å². The molecule has 0 aliphatic heterocycles. The van der Waals surface area contributed by atoms with E-state index in [0.29, 0.717) is 41.2 Å². The Morgan fingerprint density at radius 3 is 2.52 bits per heavy atom. The summed E-state index contributed by atoms with van der Waals surface area (Å²) in [5, 5.41) is 6.66. The molecule has 2 aromatic carbocycles. The number of hydrogen-bond donors (Lipinski definition) is 2. The molecule has 0 heterocycles. The van der Waals surface area contributed by atoms with Crippen molar-refractivity contribution < 1.29 is 23.0 Å². The van der Waals surface area contributed by atoms with Crippen molar-refractivity contribution in [3.8, 4) is 17.2 Å². The molecule has 0 aliphatic carbocycles. The summed E-state index contributed by atoms with van der Waals surface area (Å²) in [6.45, 7) is 0.132. The molecule has 0 bridgehead atoms. The molecule has 2 rings (SSSR count). The lowest BCUT2D eigenvalue weighted by molar-refractivity contribution is -0.0504. The van der Waals surface area contributed by atoms with Gasteiger partial charge in [-0.05, 0) is 30.7 Å². The van der Waals surface area contributed by atoms with E-state index < -0.39 is 6.61 Å². The summed E-state index contributed by atoms with van der Waals surface area (Å²) in [5.41, 5.74) is 1.45. The van der Waals surface area contributed by atoms with Crippen LogP contribution >= 0.6 is 11.6 Å². The average molecular weight is 428 g/mol. The summed E-state index contributed by atoms with van der Waals surface area (Å²) in [5.74, 6) is 1.64. The highest BCUT2D eigenvalue weighted by Crippen LogP contribution is 2.36. The predicted molar refractivity (Wildman–Crippen MR) is 109 cm³/mol. The molecule has 0 aromatic heterocycles. The van der Waals surface area contributed by atoms with E-state index in [0.717, 1.165) is 5.56 Å². The lowest BCUT2D eigenvalue weighted by atomic mass is 10.2. The van der Waals surface area contributed by atoms with E-state index in [1.165, 1.54) is 6.07 Å². The molecule has 0 fully saturated rings. The van der Waals surface area contributed by atoms with Gasteiger partial charge in [-0.2, -0.15) is 8.78 Å². The largest absolute Gasteiger partial charge is 0.493 e. The first-order valence-corrected chi connectivity index (χ1v) is 9.32. The number of nitrogens with one attached hydrogen (secondary N) is 2. The van der Waals surface area contributed by atoms with E-state index in [-0.39, 0.29) is 12.3 Å². The Hall–Kier alpha value is -2.74. The lowest BCUT2D eigenvalue weighted by Crippen LogP contribution is -2.36. The van der Waals surface area contributed by atoms with E-state index >= 15 is 0 Å². The Morgan fingerprint density at radius 1 is 1.14 bits per heavy atom. The molecule has 2 N–H and O–H groups in total. The van der Waals surface area contributed by atoms with Crippen molar-refractivity contribution in [1.29, 1.82) is 0 Å². The first-order valence-electron chi connectivity index (χ1n) is 8.94. The van der Waals surface area contributed by atoms with Gasteiger partial charge >= 0.3 is 6.61 Å². The molecule has 0 saturated carbocycles. The molecule has 6 nitrogen and oxygen atoms in total. The second kappa shape index (κ2) is 11.3. The van der Waals surface area contributed by atoms with Crippen LogP contribution in [0.4, 0.5) is 8.78 Å². The van der Waals surface area contributed by atoms with Crippen LogP contribution < -0.4 is 24.8 Å². The van der Waals surface area contributed by atoms with E-state index in [4.69, 9.17) is 21.1 Å². The molecule has 0 amide bonds. The van der Waals surface area contributed by atoms with Crippen molar-refractivity contribution in [2.24, 2.45) is 4.99 Å². The minimum Gasteiger partial charge on any atom is -0.493 e. The molecule has 0 saturated heterocycles. The zero-order chi connectivity index (χ0) is 21.2. The highest BCUT2D eigenvalue weighted by Gasteiger charge is 2.13. The minimum atomic E-state index is -2.88. The molecular weight excluding hydrogens is 404 g/mol. The number of hydrogen-bond acceptors (Lipinski definition) is 4. The highest BCUT2D eigenvalue weighted by atomic mass is 35.5. The van der Waals surface area contributed by atoms with E-state index in [1.807, 2.05) is 13.0 Å². The molecular formula is C20H24ClF2N3O3. The highest BCUT2D eigenvalue weighted by molar-refractivity contribution is 6.32. The van der Waals surface area contributed by atoms with Crippen LogP contribution in [0.5, 0.6) is 17.2 Å². The molecule has 9 heteroatoms. The fourth-order valence-corrected chi connectivity index (χ4v) is 2.89. The smallest absolute Gasteiger partial charge is 0.387 e. The number of methoxy groups -OCH3 is 1. The van der Waals surface area contributed by atoms with Crippen molar-refractivity contribution in [2.75, 3.05) is 20.8 Å². The van der Waals surface area contributed by atoms with E-state index in [9.17, 15) is 8.78 Å². The maximum atomic E-state index is 12.5. The van der Waals surface area contributed by atoms with Crippen LogP contribution in [0, 0.1) is 0 Å². The Bertz CT molecular complexity index is 835. The topological polar surface area (TPSA) is 64.1 Å². The van der Waals surface area contributed by atoms with Gasteiger partial charge in [0.2, 0.25) is 0 Å². The van der Waals surface area contributed by atoms with Crippen LogP contribution in [0.3, 0.4) is 0 Å². The van der Waals surface area contributed by atoms with Gasteiger partial charge in [0.15, 0.2) is 17.5 Å². The number of guanidine groups is 1. The standard InChI is InChI=1S/C20H24ClF2N3O3/c1-4-28-18-15(21)9-13(10-17(18)27-3)11-25-20(24-2)26-12-14-7-5-6-8-16(14)29-19(22)23/h5-10,19H,4,11-12H2,1-3H3,(H2,24,25,26). The molecule has 0 unspecified atom stereocenters. The summed E-state index contributed by atoms with van der Waals surface area (Å²) in [6.07, 6.45) is 0. The van der Waals surface area contributed by atoms with Gasteiger partial charge < -0.3 is 24.8 Å². The third-order valence-corrected chi connectivity index (χ3v) is 4.18. The number of rotatable bonds is 9. The zero-order valence-electron chi connectivity index (χ0n) is 16.5. The number of halogens is 3. The van der Waals surface area contributed by atoms with Crippen LogP contribution in [-0.4, -0.2) is 33.3 Å². The fourth-order valence-electron chi connectivity index (χ4n) is 2.61.